The Morgan fingerprint density at radius 2 is 1.86 bits per heavy atom. The minimum atomic E-state index is -0.0143. The number of fused-ring (bicyclic) bond motifs is 1. The molecule has 0 unspecified atom stereocenters. The molecule has 4 rings (SSSR count). The molecule has 1 aromatic carbocycles. The average Bonchev–Trinajstić information content (AvgIpc) is 3.37. The van der Waals surface area contributed by atoms with Crippen molar-refractivity contribution in [2.75, 3.05) is 0 Å². The number of rotatable bonds is 6. The van der Waals surface area contributed by atoms with Crippen molar-refractivity contribution < 1.29 is 4.79 Å². The average molecular weight is 388 g/mol. The summed E-state index contributed by atoms with van der Waals surface area (Å²) in [6, 6.07) is 8.52. The number of Topliss-reactive ketones (excluding diaryl/α,β-unsaturated/α-hetero) is 1. The third-order valence-electron chi connectivity index (χ3n) is 4.95. The summed E-state index contributed by atoms with van der Waals surface area (Å²) in [4.78, 5) is 16.9. The van der Waals surface area contributed by atoms with Gasteiger partial charge >= 0.3 is 0 Å². The third kappa shape index (κ3) is 3.81. The van der Waals surface area contributed by atoms with Crippen LogP contribution in [-0.2, 0) is 6.42 Å². The molecule has 0 amide bonds. The first-order valence-electron chi connectivity index (χ1n) is 9.78. The molecule has 4 aromatic rings. The van der Waals surface area contributed by atoms with Crippen LogP contribution in [0.1, 0.15) is 55.8 Å². The van der Waals surface area contributed by atoms with Gasteiger partial charge in [0.2, 0.25) is 0 Å². The highest BCUT2D eigenvalue weighted by molar-refractivity contribution is 5.97. The summed E-state index contributed by atoms with van der Waals surface area (Å²) >= 11 is 0. The van der Waals surface area contributed by atoms with Crippen LogP contribution < -0.4 is 0 Å². The van der Waals surface area contributed by atoms with Gasteiger partial charge in [0, 0.05) is 29.2 Å². The number of carbonyl (C=O) groups is 1. The lowest BCUT2D eigenvalue weighted by Crippen LogP contribution is -2.06. The number of benzene rings is 1. The maximum atomic E-state index is 12.6. The number of hydrogen-bond acceptors (Lipinski definition) is 5. The molecule has 0 spiro atoms. The van der Waals surface area contributed by atoms with Gasteiger partial charge in [-0.2, -0.15) is 15.3 Å². The van der Waals surface area contributed by atoms with E-state index >= 15 is 0 Å². The molecule has 3 aromatic heterocycles. The minimum absolute atomic E-state index is 0.0143. The van der Waals surface area contributed by atoms with Crippen molar-refractivity contribution in [1.82, 2.24) is 29.5 Å². The normalized spacial score (nSPS) is 11.7. The molecule has 0 aliphatic carbocycles. The molecule has 3 heterocycles. The third-order valence-corrected chi connectivity index (χ3v) is 4.95. The Hall–Kier alpha value is -3.35. The summed E-state index contributed by atoms with van der Waals surface area (Å²) < 4.78 is 3.91. The van der Waals surface area contributed by atoms with Gasteiger partial charge < -0.3 is 4.57 Å². The number of carbonyl (C=O) groups excluding carboxylic acids is 1. The summed E-state index contributed by atoms with van der Waals surface area (Å²) in [5, 5.41) is 13.7. The number of hydrogen-bond donors (Lipinski definition) is 0. The molecule has 0 aliphatic rings. The minimum Gasteiger partial charge on any atom is -0.328 e. The highest BCUT2D eigenvalue weighted by atomic mass is 16.1. The zero-order valence-corrected chi connectivity index (χ0v) is 17.1. The van der Waals surface area contributed by atoms with E-state index in [4.69, 9.17) is 0 Å². The Morgan fingerprint density at radius 3 is 2.59 bits per heavy atom. The van der Waals surface area contributed by atoms with Gasteiger partial charge in [0.25, 0.3) is 0 Å². The van der Waals surface area contributed by atoms with Crippen LogP contribution in [0.5, 0.6) is 0 Å². The van der Waals surface area contributed by atoms with E-state index in [2.05, 4.69) is 44.8 Å². The van der Waals surface area contributed by atoms with Crippen LogP contribution in [0.4, 0.5) is 0 Å². The Labute approximate surface area is 169 Å². The Morgan fingerprint density at radius 1 is 1.03 bits per heavy atom. The summed E-state index contributed by atoms with van der Waals surface area (Å²) in [6.07, 6.45) is 7.30. The Bertz CT molecular complexity index is 1170. The van der Waals surface area contributed by atoms with E-state index in [1.165, 1.54) is 0 Å². The highest BCUT2D eigenvalue weighted by Gasteiger charge is 2.14. The molecule has 7 nitrogen and oxygen atoms in total. The number of ketones is 1. The first-order chi connectivity index (χ1) is 13.9. The topological polar surface area (TPSA) is 78.5 Å². The van der Waals surface area contributed by atoms with Crippen LogP contribution in [0, 0.1) is 0 Å². The zero-order chi connectivity index (χ0) is 20.5. The van der Waals surface area contributed by atoms with Crippen molar-refractivity contribution in [2.24, 2.45) is 0 Å². The molecule has 7 heteroatoms. The van der Waals surface area contributed by atoms with Gasteiger partial charge in [-0.15, -0.1) is 0 Å². The van der Waals surface area contributed by atoms with Crippen LogP contribution in [0.2, 0.25) is 0 Å². The van der Waals surface area contributed by atoms with E-state index in [1.54, 1.807) is 17.1 Å². The van der Waals surface area contributed by atoms with Crippen molar-refractivity contribution in [2.45, 2.75) is 46.2 Å². The molecule has 29 heavy (non-hydrogen) atoms. The number of nitrogens with zero attached hydrogens (tertiary/aromatic N) is 6. The fourth-order valence-corrected chi connectivity index (χ4v) is 3.30. The molecule has 0 saturated heterocycles. The van der Waals surface area contributed by atoms with Gasteiger partial charge in [0.1, 0.15) is 0 Å². The first kappa shape index (κ1) is 19.0. The quantitative estimate of drug-likeness (QED) is 0.461. The summed E-state index contributed by atoms with van der Waals surface area (Å²) in [5.41, 5.74) is 4.15. The van der Waals surface area contributed by atoms with Gasteiger partial charge in [0.05, 0.1) is 47.6 Å². The number of aromatic nitrogens is 6. The second kappa shape index (κ2) is 7.58. The second-order valence-electron chi connectivity index (χ2n) is 7.79. The Kier molecular flexibility index (Phi) is 4.96. The lowest BCUT2D eigenvalue weighted by Gasteiger charge is -2.12. The molecule has 0 N–H and O–H groups in total. The molecule has 0 fully saturated rings. The van der Waals surface area contributed by atoms with Crippen LogP contribution in [0.25, 0.3) is 22.2 Å². The van der Waals surface area contributed by atoms with E-state index in [-0.39, 0.29) is 18.2 Å². The lowest BCUT2D eigenvalue weighted by atomic mass is 10.1. The Balaban J connectivity index is 1.62. The summed E-state index contributed by atoms with van der Waals surface area (Å²) in [7, 11) is 0. The van der Waals surface area contributed by atoms with Crippen molar-refractivity contribution in [3.63, 3.8) is 0 Å². The van der Waals surface area contributed by atoms with Gasteiger partial charge in [-0.1, -0.05) is 6.07 Å². The number of imidazole rings is 1. The van der Waals surface area contributed by atoms with Crippen LogP contribution in [0.15, 0.2) is 49.2 Å². The van der Waals surface area contributed by atoms with E-state index in [0.717, 1.165) is 22.2 Å². The SMILES string of the molecule is CC(C)n1cc(C(=O)Cc2cc3cc(-c4cncn4C(C)C)ccc3nn2)cn1. The van der Waals surface area contributed by atoms with Gasteiger partial charge in [0.15, 0.2) is 5.78 Å². The highest BCUT2D eigenvalue weighted by Crippen LogP contribution is 2.26. The summed E-state index contributed by atoms with van der Waals surface area (Å²) in [6.45, 7) is 8.31. The van der Waals surface area contributed by atoms with Crippen LogP contribution >= 0.6 is 0 Å². The molecule has 0 aliphatic heterocycles. The maximum Gasteiger partial charge on any atom is 0.172 e. The second-order valence-corrected chi connectivity index (χ2v) is 7.79. The molecule has 148 valence electrons. The van der Waals surface area contributed by atoms with Gasteiger partial charge in [-0.05, 0) is 45.9 Å². The summed E-state index contributed by atoms with van der Waals surface area (Å²) in [5.74, 6) is -0.0143. The van der Waals surface area contributed by atoms with E-state index in [9.17, 15) is 4.79 Å². The maximum absolute atomic E-state index is 12.6. The van der Waals surface area contributed by atoms with Gasteiger partial charge in [-0.25, -0.2) is 4.98 Å². The predicted octanol–water partition coefficient (Wildman–Crippen LogP) is 4.28. The monoisotopic (exact) mass is 388 g/mol. The van der Waals surface area contributed by atoms with Crippen molar-refractivity contribution >= 4 is 16.7 Å². The molecule has 0 radical (unpaired) electrons. The van der Waals surface area contributed by atoms with Crippen molar-refractivity contribution in [1.29, 1.82) is 0 Å². The molecular formula is C22H24N6O. The zero-order valence-electron chi connectivity index (χ0n) is 17.1. The van der Waals surface area contributed by atoms with E-state index < -0.39 is 0 Å². The lowest BCUT2D eigenvalue weighted by molar-refractivity contribution is 0.0991. The van der Waals surface area contributed by atoms with E-state index in [1.807, 2.05) is 44.6 Å². The standard InChI is InChI=1S/C22H24N6O/c1-14(2)27-13-23-11-21(27)16-5-6-20-17(7-16)8-19(25-26-20)9-22(29)18-10-24-28(12-18)15(3)4/h5-8,10-15H,9H2,1-4H3. The first-order valence-corrected chi connectivity index (χ1v) is 9.78. The van der Waals surface area contributed by atoms with Crippen molar-refractivity contribution in [3.8, 4) is 11.3 Å². The molecule has 0 saturated carbocycles. The predicted molar refractivity (Wildman–Crippen MR) is 112 cm³/mol. The largest absolute Gasteiger partial charge is 0.328 e. The van der Waals surface area contributed by atoms with Crippen molar-refractivity contribution in [3.05, 3.63) is 60.4 Å². The fourth-order valence-electron chi connectivity index (χ4n) is 3.30. The van der Waals surface area contributed by atoms with E-state index in [0.29, 0.717) is 17.3 Å². The molecular weight excluding hydrogens is 364 g/mol. The van der Waals surface area contributed by atoms with Gasteiger partial charge in [-0.3, -0.25) is 9.48 Å². The van der Waals surface area contributed by atoms with Crippen LogP contribution in [0.3, 0.4) is 0 Å². The van der Waals surface area contributed by atoms with Crippen LogP contribution in [-0.4, -0.2) is 35.3 Å². The molecule has 0 atom stereocenters. The smallest absolute Gasteiger partial charge is 0.172 e. The fraction of sp³-hybridized carbons (Fsp3) is 0.318. The molecule has 0 bridgehead atoms.